The van der Waals surface area contributed by atoms with Crippen LogP contribution < -0.4 is 5.32 Å². The Kier molecular flexibility index (Phi) is 3.51. The molecule has 2 rings (SSSR count). The molecule has 0 aliphatic heterocycles. The van der Waals surface area contributed by atoms with E-state index in [0.717, 1.165) is 11.3 Å². The Morgan fingerprint density at radius 2 is 1.89 bits per heavy atom. The molecule has 0 atom stereocenters. The van der Waals surface area contributed by atoms with Crippen molar-refractivity contribution in [1.29, 1.82) is 0 Å². The molecule has 0 bridgehead atoms. The van der Waals surface area contributed by atoms with Gasteiger partial charge in [0.2, 0.25) is 0 Å². The van der Waals surface area contributed by atoms with E-state index in [1.165, 1.54) is 11.6 Å². The average molecular weight is 256 g/mol. The molecule has 0 radical (unpaired) electrons. The van der Waals surface area contributed by atoms with Crippen molar-refractivity contribution in [2.75, 3.05) is 5.32 Å². The van der Waals surface area contributed by atoms with Gasteiger partial charge in [-0.05, 0) is 44.5 Å². The number of hydrogen-bond acceptors (Lipinski definition) is 3. The fourth-order valence-electron chi connectivity index (χ4n) is 1.95. The predicted molar refractivity (Wildman–Crippen MR) is 75.1 cm³/mol. The number of carbonyl (C=O) groups is 1. The van der Waals surface area contributed by atoms with Crippen molar-refractivity contribution in [2.45, 2.75) is 20.8 Å². The highest BCUT2D eigenvalue weighted by atomic mass is 16.4. The number of aromatic nitrogens is 1. The Morgan fingerprint density at radius 1 is 1.16 bits per heavy atom. The topological polar surface area (TPSA) is 62.2 Å². The summed E-state index contributed by atoms with van der Waals surface area (Å²) >= 11 is 0. The highest BCUT2D eigenvalue weighted by molar-refractivity contribution is 5.88. The van der Waals surface area contributed by atoms with Gasteiger partial charge in [-0.3, -0.25) is 0 Å². The summed E-state index contributed by atoms with van der Waals surface area (Å²) in [6.45, 7) is 5.81. The quantitative estimate of drug-likeness (QED) is 0.883. The lowest BCUT2D eigenvalue weighted by Gasteiger charge is -2.10. The third-order valence-electron chi connectivity index (χ3n) is 2.85. The fraction of sp³-hybridized carbons (Fsp3) is 0.200. The van der Waals surface area contributed by atoms with Crippen molar-refractivity contribution >= 4 is 17.5 Å². The van der Waals surface area contributed by atoms with Crippen molar-refractivity contribution < 1.29 is 9.90 Å². The van der Waals surface area contributed by atoms with Gasteiger partial charge in [0.1, 0.15) is 5.82 Å². The molecule has 4 nitrogen and oxygen atoms in total. The van der Waals surface area contributed by atoms with Crippen LogP contribution in [-0.2, 0) is 0 Å². The van der Waals surface area contributed by atoms with Crippen molar-refractivity contribution in [3.63, 3.8) is 0 Å². The summed E-state index contributed by atoms with van der Waals surface area (Å²) in [5, 5.41) is 12.2. The number of rotatable bonds is 3. The molecular weight excluding hydrogens is 240 g/mol. The minimum Gasteiger partial charge on any atom is -0.478 e. The third-order valence-corrected chi connectivity index (χ3v) is 2.85. The van der Waals surface area contributed by atoms with Gasteiger partial charge in [0.05, 0.1) is 5.56 Å². The van der Waals surface area contributed by atoms with Crippen LogP contribution in [0.15, 0.2) is 30.3 Å². The summed E-state index contributed by atoms with van der Waals surface area (Å²) in [5.41, 5.74) is 4.12. The van der Waals surface area contributed by atoms with Crippen molar-refractivity contribution in [1.82, 2.24) is 4.98 Å². The molecule has 0 saturated carbocycles. The smallest absolute Gasteiger partial charge is 0.335 e. The molecule has 1 heterocycles. The van der Waals surface area contributed by atoms with E-state index in [1.54, 1.807) is 13.0 Å². The lowest BCUT2D eigenvalue weighted by Crippen LogP contribution is -2.02. The zero-order valence-electron chi connectivity index (χ0n) is 11.2. The van der Waals surface area contributed by atoms with Gasteiger partial charge in [-0.2, -0.15) is 0 Å². The van der Waals surface area contributed by atoms with E-state index in [0.29, 0.717) is 11.5 Å². The standard InChI is InChI=1S/C15H16N2O2/c1-9-4-5-13(10(2)6-9)17-14-8-12(15(18)19)7-11(3)16-14/h4-8H,1-3H3,(H,16,17)(H,18,19). The molecule has 2 N–H and O–H groups in total. The first-order valence-electron chi connectivity index (χ1n) is 6.02. The monoisotopic (exact) mass is 256 g/mol. The number of pyridine rings is 1. The number of aromatic carboxylic acids is 1. The van der Waals surface area contributed by atoms with Crippen LogP contribution in [0, 0.1) is 20.8 Å². The van der Waals surface area contributed by atoms with Gasteiger partial charge in [-0.25, -0.2) is 9.78 Å². The lowest BCUT2D eigenvalue weighted by atomic mass is 10.1. The Morgan fingerprint density at radius 3 is 2.53 bits per heavy atom. The van der Waals surface area contributed by atoms with Gasteiger partial charge < -0.3 is 10.4 Å². The highest BCUT2D eigenvalue weighted by Gasteiger charge is 2.07. The van der Waals surface area contributed by atoms with E-state index in [4.69, 9.17) is 5.11 Å². The van der Waals surface area contributed by atoms with Gasteiger partial charge in [-0.1, -0.05) is 17.7 Å². The summed E-state index contributed by atoms with van der Waals surface area (Å²) in [4.78, 5) is 15.3. The van der Waals surface area contributed by atoms with Crippen LogP contribution >= 0.6 is 0 Å². The molecule has 0 aliphatic carbocycles. The predicted octanol–water partition coefficient (Wildman–Crippen LogP) is 3.45. The first-order valence-corrected chi connectivity index (χ1v) is 6.02. The number of nitrogens with zero attached hydrogens (tertiary/aromatic N) is 1. The molecule has 2 aromatic rings. The van der Waals surface area contributed by atoms with Gasteiger partial charge in [-0.15, -0.1) is 0 Å². The fourth-order valence-corrected chi connectivity index (χ4v) is 1.95. The number of carboxylic acid groups (broad SMARTS) is 1. The van der Waals surface area contributed by atoms with Gasteiger partial charge >= 0.3 is 5.97 Å². The van der Waals surface area contributed by atoms with Gasteiger partial charge in [0, 0.05) is 11.4 Å². The maximum Gasteiger partial charge on any atom is 0.335 e. The maximum absolute atomic E-state index is 11.0. The number of anilines is 2. The normalized spacial score (nSPS) is 10.3. The van der Waals surface area contributed by atoms with E-state index in [-0.39, 0.29) is 5.56 Å². The van der Waals surface area contributed by atoms with Crippen LogP contribution in [-0.4, -0.2) is 16.1 Å². The van der Waals surface area contributed by atoms with Crippen LogP contribution in [0.5, 0.6) is 0 Å². The molecule has 0 amide bonds. The number of hydrogen-bond donors (Lipinski definition) is 2. The van der Waals surface area contributed by atoms with E-state index in [1.807, 2.05) is 26.0 Å². The van der Waals surface area contributed by atoms with Crippen LogP contribution in [0.2, 0.25) is 0 Å². The molecule has 0 unspecified atom stereocenters. The largest absolute Gasteiger partial charge is 0.478 e. The van der Waals surface area contributed by atoms with E-state index >= 15 is 0 Å². The zero-order chi connectivity index (χ0) is 14.0. The SMILES string of the molecule is Cc1ccc(Nc2cc(C(=O)O)cc(C)n2)c(C)c1. The van der Waals surface area contributed by atoms with Crippen molar-refractivity contribution in [2.24, 2.45) is 0 Å². The lowest BCUT2D eigenvalue weighted by molar-refractivity contribution is 0.0696. The molecule has 0 fully saturated rings. The summed E-state index contributed by atoms with van der Waals surface area (Å²) in [6, 6.07) is 9.12. The zero-order valence-corrected chi connectivity index (χ0v) is 11.2. The Labute approximate surface area is 112 Å². The van der Waals surface area contributed by atoms with E-state index in [9.17, 15) is 4.79 Å². The highest BCUT2D eigenvalue weighted by Crippen LogP contribution is 2.21. The Hall–Kier alpha value is -2.36. The summed E-state index contributed by atoms with van der Waals surface area (Å²) < 4.78 is 0. The third kappa shape index (κ3) is 3.10. The van der Waals surface area contributed by atoms with Crippen LogP contribution in [0.25, 0.3) is 0 Å². The molecule has 0 aliphatic rings. The minimum absolute atomic E-state index is 0.236. The summed E-state index contributed by atoms with van der Waals surface area (Å²) in [7, 11) is 0. The average Bonchev–Trinajstić information content (AvgIpc) is 2.32. The number of benzene rings is 1. The first-order chi connectivity index (χ1) is 8.95. The first kappa shape index (κ1) is 13.1. The van der Waals surface area contributed by atoms with Crippen LogP contribution in [0.1, 0.15) is 27.2 Å². The number of aryl methyl sites for hydroxylation is 3. The second-order valence-corrected chi connectivity index (χ2v) is 4.63. The summed E-state index contributed by atoms with van der Waals surface area (Å²) in [5.74, 6) is -0.404. The number of nitrogens with one attached hydrogen (secondary N) is 1. The van der Waals surface area contributed by atoms with Gasteiger partial charge in [0.25, 0.3) is 0 Å². The molecule has 0 saturated heterocycles. The molecule has 0 spiro atoms. The second-order valence-electron chi connectivity index (χ2n) is 4.63. The van der Waals surface area contributed by atoms with Crippen LogP contribution in [0.3, 0.4) is 0 Å². The molecule has 19 heavy (non-hydrogen) atoms. The molecule has 1 aromatic heterocycles. The summed E-state index contributed by atoms with van der Waals surface area (Å²) in [6.07, 6.45) is 0. The molecule has 4 heteroatoms. The molecule has 1 aromatic carbocycles. The maximum atomic E-state index is 11.0. The Bertz CT molecular complexity index is 636. The second kappa shape index (κ2) is 5.10. The minimum atomic E-state index is -0.950. The number of carboxylic acids is 1. The van der Waals surface area contributed by atoms with E-state index < -0.39 is 5.97 Å². The molecule has 98 valence electrons. The van der Waals surface area contributed by atoms with Crippen molar-refractivity contribution in [3.8, 4) is 0 Å². The van der Waals surface area contributed by atoms with Gasteiger partial charge in [0.15, 0.2) is 0 Å². The van der Waals surface area contributed by atoms with Crippen molar-refractivity contribution in [3.05, 3.63) is 52.7 Å². The van der Waals surface area contributed by atoms with E-state index in [2.05, 4.69) is 16.4 Å². The Balaban J connectivity index is 2.35. The van der Waals surface area contributed by atoms with Crippen LogP contribution in [0.4, 0.5) is 11.5 Å². The molecular formula is C15H16N2O2.